The van der Waals surface area contributed by atoms with Crippen LogP contribution in [0.5, 0.6) is 0 Å². The first-order chi connectivity index (χ1) is 3.67. The van der Waals surface area contributed by atoms with Gasteiger partial charge in [-0.1, -0.05) is 0 Å². The minimum absolute atomic E-state index is 0.0374. The van der Waals surface area contributed by atoms with Crippen molar-refractivity contribution in [2.45, 2.75) is 25.8 Å². The van der Waals surface area contributed by atoms with E-state index in [9.17, 15) is 0 Å². The molecule has 42 valence electrons. The van der Waals surface area contributed by atoms with E-state index in [1.165, 1.54) is 0 Å². The second-order valence-electron chi connectivity index (χ2n) is 2.45. The van der Waals surface area contributed by atoms with Crippen molar-refractivity contribution in [3.05, 3.63) is 0 Å². The zero-order valence-electron chi connectivity index (χ0n) is 5.10. The van der Waals surface area contributed by atoms with Crippen LogP contribution in [0, 0.1) is 11.3 Å². The van der Waals surface area contributed by atoms with Crippen molar-refractivity contribution in [2.24, 2.45) is 4.99 Å². The third-order valence-corrected chi connectivity index (χ3v) is 1.32. The van der Waals surface area contributed by atoms with Crippen molar-refractivity contribution in [1.29, 1.82) is 5.26 Å². The molecule has 0 spiro atoms. The largest absolute Gasteiger partial charge is 0.278 e. The molecule has 0 atom stereocenters. The molecule has 0 radical (unpaired) electrons. The molecule has 0 aromatic rings. The van der Waals surface area contributed by atoms with Crippen LogP contribution in [0.3, 0.4) is 0 Å². The van der Waals surface area contributed by atoms with Gasteiger partial charge in [0.2, 0.25) is 0 Å². The van der Waals surface area contributed by atoms with Gasteiger partial charge >= 0.3 is 0 Å². The maximum absolute atomic E-state index is 8.18. The van der Waals surface area contributed by atoms with Gasteiger partial charge in [0.05, 0.1) is 23.7 Å². The Labute approximate surface area is 48.8 Å². The molecule has 0 unspecified atom stereocenters. The third-order valence-electron chi connectivity index (χ3n) is 1.32. The molecule has 1 rings (SSSR count). The van der Waals surface area contributed by atoms with Gasteiger partial charge in [0.15, 0.2) is 0 Å². The van der Waals surface area contributed by atoms with E-state index in [1.54, 1.807) is 0 Å². The second kappa shape index (κ2) is 1.32. The summed E-state index contributed by atoms with van der Waals surface area (Å²) in [7, 11) is 0. The second-order valence-corrected chi connectivity index (χ2v) is 2.45. The fourth-order valence-corrected chi connectivity index (χ4v) is 0.640. The van der Waals surface area contributed by atoms with Crippen LogP contribution >= 0.6 is 0 Å². The van der Waals surface area contributed by atoms with E-state index in [2.05, 4.69) is 11.1 Å². The molecule has 0 amide bonds. The Kier molecular flexibility index (Phi) is 0.872. The Bertz CT molecular complexity index is 171. The molecular weight excluding hydrogens is 100 g/mol. The molecular formula is C6H8N2. The third kappa shape index (κ3) is 0.717. The monoisotopic (exact) mass is 108 g/mol. The van der Waals surface area contributed by atoms with E-state index < -0.39 is 0 Å². The molecule has 1 heterocycles. The first-order valence-corrected chi connectivity index (χ1v) is 2.63. The van der Waals surface area contributed by atoms with Crippen LogP contribution in [0.15, 0.2) is 4.99 Å². The number of hydrogen-bond acceptors (Lipinski definition) is 2. The predicted octanol–water partition coefficient (Wildman–Crippen LogP) is 1.13. The average Bonchev–Trinajstić information content (AvgIpc) is 2.15. The first kappa shape index (κ1) is 5.30. The summed E-state index contributed by atoms with van der Waals surface area (Å²) >= 11 is 0. The van der Waals surface area contributed by atoms with Crippen LogP contribution in [0.2, 0.25) is 0 Å². The molecule has 1 aliphatic rings. The lowest BCUT2D eigenvalue weighted by atomic mass is 10.1. The summed E-state index contributed by atoms with van der Waals surface area (Å²) < 4.78 is 0. The summed E-state index contributed by atoms with van der Waals surface area (Å²) in [5.41, 5.74) is 1.08. The molecule has 0 fully saturated rings. The topological polar surface area (TPSA) is 36.1 Å². The standard InChI is InChI=1S/C6H8N2/c1-6(2)5(8-6)3-4-7/h3H2,1-2H3. The van der Waals surface area contributed by atoms with Gasteiger partial charge in [-0.3, -0.25) is 4.99 Å². The average molecular weight is 108 g/mol. The Morgan fingerprint density at radius 2 is 2.25 bits per heavy atom. The van der Waals surface area contributed by atoms with Gasteiger partial charge in [-0.15, -0.1) is 0 Å². The Morgan fingerprint density at radius 1 is 1.75 bits per heavy atom. The maximum atomic E-state index is 8.18. The molecule has 2 nitrogen and oxygen atoms in total. The van der Waals surface area contributed by atoms with Gasteiger partial charge in [0.25, 0.3) is 0 Å². The first-order valence-electron chi connectivity index (χ1n) is 2.63. The Hall–Kier alpha value is -0.840. The van der Waals surface area contributed by atoms with Crippen molar-refractivity contribution >= 4 is 5.71 Å². The molecule has 2 heteroatoms. The van der Waals surface area contributed by atoms with Gasteiger partial charge in [0, 0.05) is 0 Å². The number of nitriles is 1. The van der Waals surface area contributed by atoms with Crippen LogP contribution in [-0.4, -0.2) is 11.3 Å². The molecule has 0 saturated carbocycles. The molecule has 0 aromatic carbocycles. The van der Waals surface area contributed by atoms with Crippen molar-refractivity contribution in [2.75, 3.05) is 0 Å². The Balaban J connectivity index is 2.38. The number of nitrogens with zero attached hydrogens (tertiary/aromatic N) is 2. The number of rotatable bonds is 1. The van der Waals surface area contributed by atoms with E-state index in [0.29, 0.717) is 6.42 Å². The van der Waals surface area contributed by atoms with Crippen molar-refractivity contribution in [3.63, 3.8) is 0 Å². The highest BCUT2D eigenvalue weighted by Crippen LogP contribution is 2.27. The fraction of sp³-hybridized carbons (Fsp3) is 0.667. The summed E-state index contributed by atoms with van der Waals surface area (Å²) in [6, 6.07) is 2.05. The van der Waals surface area contributed by atoms with Gasteiger partial charge in [0.1, 0.15) is 0 Å². The van der Waals surface area contributed by atoms with E-state index in [4.69, 9.17) is 5.26 Å². The normalized spacial score (nSPS) is 21.4. The number of hydrogen-bond donors (Lipinski definition) is 0. The summed E-state index contributed by atoms with van der Waals surface area (Å²) in [5, 5.41) is 8.18. The fourth-order valence-electron chi connectivity index (χ4n) is 0.640. The SMILES string of the molecule is CC1(C)N=C1CC#N. The summed E-state index contributed by atoms with van der Waals surface area (Å²) in [4.78, 5) is 4.07. The predicted molar refractivity (Wildman–Crippen MR) is 31.7 cm³/mol. The molecule has 0 aliphatic carbocycles. The van der Waals surface area contributed by atoms with Gasteiger partial charge in [-0.05, 0) is 13.8 Å². The zero-order chi connectivity index (χ0) is 6.20. The van der Waals surface area contributed by atoms with Gasteiger partial charge in [-0.25, -0.2) is 0 Å². The van der Waals surface area contributed by atoms with E-state index in [0.717, 1.165) is 5.71 Å². The lowest BCUT2D eigenvalue weighted by Crippen LogP contribution is -2.05. The maximum Gasteiger partial charge on any atom is 0.0938 e. The van der Waals surface area contributed by atoms with Gasteiger partial charge < -0.3 is 0 Å². The van der Waals surface area contributed by atoms with Crippen LogP contribution in [0.4, 0.5) is 0 Å². The van der Waals surface area contributed by atoms with Crippen LogP contribution in [0.25, 0.3) is 0 Å². The molecule has 0 saturated heterocycles. The quantitative estimate of drug-likeness (QED) is 0.496. The van der Waals surface area contributed by atoms with E-state index >= 15 is 0 Å². The minimum Gasteiger partial charge on any atom is -0.278 e. The van der Waals surface area contributed by atoms with Crippen molar-refractivity contribution in [1.82, 2.24) is 0 Å². The van der Waals surface area contributed by atoms with Crippen molar-refractivity contribution in [3.8, 4) is 6.07 Å². The minimum atomic E-state index is 0.0374. The molecule has 0 aromatic heterocycles. The van der Waals surface area contributed by atoms with E-state index in [-0.39, 0.29) is 5.54 Å². The number of aliphatic imine (C=N–C) groups is 1. The summed E-state index contributed by atoms with van der Waals surface area (Å²) in [5.74, 6) is 0. The highest BCUT2D eigenvalue weighted by Gasteiger charge is 2.35. The van der Waals surface area contributed by atoms with Gasteiger partial charge in [-0.2, -0.15) is 5.26 Å². The lowest BCUT2D eigenvalue weighted by Gasteiger charge is -1.91. The highest BCUT2D eigenvalue weighted by atomic mass is 15.0. The zero-order valence-corrected chi connectivity index (χ0v) is 5.10. The van der Waals surface area contributed by atoms with Crippen LogP contribution in [-0.2, 0) is 0 Å². The molecule has 8 heavy (non-hydrogen) atoms. The lowest BCUT2D eigenvalue weighted by molar-refractivity contribution is 0.821. The summed E-state index contributed by atoms with van der Waals surface area (Å²) in [6.45, 7) is 4.03. The highest BCUT2D eigenvalue weighted by molar-refractivity contribution is 6.05. The summed E-state index contributed by atoms with van der Waals surface area (Å²) in [6.07, 6.45) is 0.507. The van der Waals surface area contributed by atoms with E-state index in [1.807, 2.05) is 13.8 Å². The molecule has 0 N–H and O–H groups in total. The molecule has 0 bridgehead atoms. The smallest absolute Gasteiger partial charge is 0.0938 e. The molecule has 1 aliphatic heterocycles. The van der Waals surface area contributed by atoms with Crippen LogP contribution in [0.1, 0.15) is 20.3 Å². The van der Waals surface area contributed by atoms with Crippen LogP contribution < -0.4 is 0 Å². The Morgan fingerprint density at radius 3 is 2.38 bits per heavy atom. The van der Waals surface area contributed by atoms with Crippen molar-refractivity contribution < 1.29 is 0 Å².